The van der Waals surface area contributed by atoms with Crippen molar-refractivity contribution in [1.82, 2.24) is 14.9 Å². The molecule has 1 aliphatic heterocycles. The molecule has 0 radical (unpaired) electrons. The molecule has 5 nitrogen and oxygen atoms in total. The third-order valence-corrected chi connectivity index (χ3v) is 6.43. The molecule has 114 valence electrons. The number of hydrogen-bond donors (Lipinski definition) is 1. The van der Waals surface area contributed by atoms with Gasteiger partial charge in [-0.1, -0.05) is 13.3 Å². The van der Waals surface area contributed by atoms with Gasteiger partial charge in [0.05, 0.1) is 11.0 Å². The van der Waals surface area contributed by atoms with Gasteiger partial charge in [-0.2, -0.15) is 0 Å². The van der Waals surface area contributed by atoms with Gasteiger partial charge < -0.3 is 9.88 Å². The zero-order valence-corrected chi connectivity index (χ0v) is 13.2. The molecule has 2 unspecified atom stereocenters. The Morgan fingerprint density at radius 1 is 1.45 bits per heavy atom. The highest BCUT2D eigenvalue weighted by Crippen LogP contribution is 2.24. The van der Waals surface area contributed by atoms with Crippen LogP contribution in [-0.2, 0) is 22.8 Å². The first-order valence-electron chi connectivity index (χ1n) is 7.53. The third-order valence-electron chi connectivity index (χ3n) is 4.09. The predicted molar refractivity (Wildman–Crippen MR) is 80.5 cm³/mol. The first-order chi connectivity index (χ1) is 9.58. The summed E-state index contributed by atoms with van der Waals surface area (Å²) in [6.45, 7) is 5.74. The lowest BCUT2D eigenvalue weighted by Gasteiger charge is -2.30. The molecule has 0 aliphatic carbocycles. The normalized spacial score (nSPS) is 23.6. The van der Waals surface area contributed by atoms with E-state index in [0.717, 1.165) is 38.2 Å². The Morgan fingerprint density at radius 2 is 2.25 bits per heavy atom. The van der Waals surface area contributed by atoms with E-state index in [9.17, 15) is 8.42 Å². The van der Waals surface area contributed by atoms with Gasteiger partial charge in [0.15, 0.2) is 9.84 Å². The summed E-state index contributed by atoms with van der Waals surface area (Å²) >= 11 is 0. The van der Waals surface area contributed by atoms with Crippen LogP contribution >= 0.6 is 0 Å². The van der Waals surface area contributed by atoms with Crippen molar-refractivity contribution in [2.75, 3.05) is 12.3 Å². The van der Waals surface area contributed by atoms with E-state index in [-0.39, 0.29) is 11.3 Å². The molecule has 1 aromatic rings. The van der Waals surface area contributed by atoms with Crippen molar-refractivity contribution in [2.24, 2.45) is 0 Å². The summed E-state index contributed by atoms with van der Waals surface area (Å²) in [7, 11) is -2.97. The fourth-order valence-electron chi connectivity index (χ4n) is 3.04. The van der Waals surface area contributed by atoms with Crippen LogP contribution in [0.4, 0.5) is 0 Å². The Balaban J connectivity index is 2.18. The molecule has 1 fully saturated rings. The summed E-state index contributed by atoms with van der Waals surface area (Å²) in [5.41, 5.74) is 0. The van der Waals surface area contributed by atoms with Gasteiger partial charge in [-0.25, -0.2) is 13.4 Å². The molecule has 0 saturated carbocycles. The van der Waals surface area contributed by atoms with Gasteiger partial charge in [-0.05, 0) is 26.3 Å². The number of imidazole rings is 1. The van der Waals surface area contributed by atoms with Crippen LogP contribution in [-0.4, -0.2) is 41.6 Å². The predicted octanol–water partition coefficient (Wildman–Crippen LogP) is 1.39. The Kier molecular flexibility index (Phi) is 5.21. The number of nitrogens with one attached hydrogen (secondary N) is 1. The minimum Gasteiger partial charge on any atom is -0.335 e. The van der Waals surface area contributed by atoms with E-state index in [0.29, 0.717) is 12.2 Å². The molecule has 0 bridgehead atoms. The molecule has 0 amide bonds. The van der Waals surface area contributed by atoms with Gasteiger partial charge in [0.2, 0.25) is 0 Å². The van der Waals surface area contributed by atoms with Crippen molar-refractivity contribution in [3.63, 3.8) is 0 Å². The molecule has 0 spiro atoms. The molecule has 0 aromatic carbocycles. The molecule has 20 heavy (non-hydrogen) atoms. The SMILES string of the molecule is CCNC(Cc1nccn1CC)C1CCCCS1(=O)=O. The summed E-state index contributed by atoms with van der Waals surface area (Å²) in [5.74, 6) is 1.31. The van der Waals surface area contributed by atoms with Crippen LogP contribution in [0, 0.1) is 0 Å². The first kappa shape index (κ1) is 15.5. The molecule has 1 aliphatic rings. The average Bonchev–Trinajstić information content (AvgIpc) is 2.85. The van der Waals surface area contributed by atoms with E-state index in [1.54, 1.807) is 6.20 Å². The Hall–Kier alpha value is -0.880. The van der Waals surface area contributed by atoms with Gasteiger partial charge in [0.1, 0.15) is 5.82 Å². The van der Waals surface area contributed by atoms with Crippen LogP contribution in [0.2, 0.25) is 0 Å². The van der Waals surface area contributed by atoms with Gasteiger partial charge in [-0.15, -0.1) is 0 Å². The van der Waals surface area contributed by atoms with Crippen molar-refractivity contribution in [2.45, 2.75) is 57.4 Å². The molecular formula is C14H25N3O2S. The minimum atomic E-state index is -2.97. The smallest absolute Gasteiger partial charge is 0.154 e. The van der Waals surface area contributed by atoms with Crippen LogP contribution in [0.1, 0.15) is 38.9 Å². The quantitative estimate of drug-likeness (QED) is 0.862. The third kappa shape index (κ3) is 3.41. The highest BCUT2D eigenvalue weighted by Gasteiger charge is 2.35. The van der Waals surface area contributed by atoms with Crippen molar-refractivity contribution in [3.8, 4) is 0 Å². The van der Waals surface area contributed by atoms with Crippen molar-refractivity contribution in [3.05, 3.63) is 18.2 Å². The van der Waals surface area contributed by atoms with Gasteiger partial charge >= 0.3 is 0 Å². The van der Waals surface area contributed by atoms with Gasteiger partial charge in [0, 0.05) is 31.4 Å². The van der Waals surface area contributed by atoms with Crippen molar-refractivity contribution < 1.29 is 8.42 Å². The van der Waals surface area contributed by atoms with Crippen molar-refractivity contribution >= 4 is 9.84 Å². The molecule has 1 N–H and O–H groups in total. The second-order valence-electron chi connectivity index (χ2n) is 5.40. The Morgan fingerprint density at radius 3 is 2.90 bits per heavy atom. The summed E-state index contributed by atoms with van der Waals surface area (Å²) in [5, 5.41) is 3.10. The number of sulfone groups is 1. The highest BCUT2D eigenvalue weighted by atomic mass is 32.2. The topological polar surface area (TPSA) is 64.0 Å². The first-order valence-corrected chi connectivity index (χ1v) is 9.25. The van der Waals surface area contributed by atoms with Crippen LogP contribution in [0.5, 0.6) is 0 Å². The van der Waals surface area contributed by atoms with Crippen LogP contribution in [0.3, 0.4) is 0 Å². The summed E-state index contributed by atoms with van der Waals surface area (Å²) in [4.78, 5) is 4.38. The van der Waals surface area contributed by atoms with Crippen LogP contribution in [0.25, 0.3) is 0 Å². The summed E-state index contributed by atoms with van der Waals surface area (Å²) in [6, 6.07) is -0.0296. The fourth-order valence-corrected chi connectivity index (χ4v) is 5.17. The molecule has 1 saturated heterocycles. The van der Waals surface area contributed by atoms with Gasteiger partial charge in [0.25, 0.3) is 0 Å². The lowest BCUT2D eigenvalue weighted by Crippen LogP contribution is -2.48. The molecule has 2 rings (SSSR count). The van der Waals surface area contributed by atoms with E-state index in [1.165, 1.54) is 0 Å². The molecular weight excluding hydrogens is 274 g/mol. The maximum Gasteiger partial charge on any atom is 0.154 e. The van der Waals surface area contributed by atoms with E-state index >= 15 is 0 Å². The highest BCUT2D eigenvalue weighted by molar-refractivity contribution is 7.92. The molecule has 1 aromatic heterocycles. The lowest BCUT2D eigenvalue weighted by atomic mass is 10.0. The molecule has 6 heteroatoms. The number of hydrogen-bond acceptors (Lipinski definition) is 4. The van der Waals surface area contributed by atoms with E-state index in [1.807, 2.05) is 13.1 Å². The lowest BCUT2D eigenvalue weighted by molar-refractivity contribution is 0.431. The number of likely N-dealkylation sites (N-methyl/N-ethyl adjacent to an activating group) is 1. The van der Waals surface area contributed by atoms with E-state index in [2.05, 4.69) is 21.8 Å². The number of rotatable bonds is 6. The Labute approximate surface area is 121 Å². The zero-order valence-electron chi connectivity index (χ0n) is 12.4. The van der Waals surface area contributed by atoms with Gasteiger partial charge in [-0.3, -0.25) is 0 Å². The molecule has 2 heterocycles. The molecule has 2 atom stereocenters. The maximum atomic E-state index is 12.3. The zero-order chi connectivity index (χ0) is 14.6. The maximum absolute atomic E-state index is 12.3. The second kappa shape index (κ2) is 6.72. The van der Waals surface area contributed by atoms with Crippen LogP contribution in [0.15, 0.2) is 12.4 Å². The van der Waals surface area contributed by atoms with Crippen molar-refractivity contribution in [1.29, 1.82) is 0 Å². The largest absolute Gasteiger partial charge is 0.335 e. The fraction of sp³-hybridized carbons (Fsp3) is 0.786. The van der Waals surface area contributed by atoms with Crippen LogP contribution < -0.4 is 5.32 Å². The monoisotopic (exact) mass is 299 g/mol. The average molecular weight is 299 g/mol. The number of aromatic nitrogens is 2. The van der Waals surface area contributed by atoms with E-state index < -0.39 is 9.84 Å². The summed E-state index contributed by atoms with van der Waals surface area (Å²) < 4.78 is 26.7. The van der Waals surface area contributed by atoms with E-state index in [4.69, 9.17) is 0 Å². The minimum absolute atomic E-state index is 0.0296. The number of nitrogens with zero attached hydrogens (tertiary/aromatic N) is 2. The Bertz CT molecular complexity index is 524. The standard InChI is InChI=1S/C14H25N3O2S/c1-3-15-12(11-14-16-8-9-17(14)4-2)13-7-5-6-10-20(13,18)19/h8-9,12-13,15H,3-7,10-11H2,1-2H3. The summed E-state index contributed by atoms with van der Waals surface area (Å²) in [6.07, 6.45) is 7.01. The number of aryl methyl sites for hydroxylation is 1. The second-order valence-corrected chi connectivity index (χ2v) is 7.74.